The Kier molecular flexibility index (Phi) is 4.02. The number of pyridine rings is 2. The highest BCUT2D eigenvalue weighted by Gasteiger charge is 2.12. The van der Waals surface area contributed by atoms with Crippen LogP contribution in [0.25, 0.3) is 0 Å². The minimum Gasteiger partial charge on any atom is -0.292 e. The number of halogens is 2. The topological polar surface area (TPSA) is 42.9 Å². The number of aromatic nitrogens is 2. The maximum atomic E-state index is 12.0. The Hall–Kier alpha value is -1.07. The Morgan fingerprint density at radius 2 is 1.94 bits per heavy atom. The molecule has 0 aliphatic rings. The lowest BCUT2D eigenvalue weighted by Gasteiger charge is -2.03. The van der Waals surface area contributed by atoms with E-state index in [9.17, 15) is 4.79 Å². The second kappa shape index (κ2) is 5.51. The van der Waals surface area contributed by atoms with Crippen molar-refractivity contribution >= 4 is 37.6 Å². The largest absolute Gasteiger partial charge is 0.292 e. The fraction of sp³-hybridized carbons (Fsp3) is 0.0833. The van der Waals surface area contributed by atoms with Gasteiger partial charge in [0, 0.05) is 34.0 Å². The summed E-state index contributed by atoms with van der Waals surface area (Å²) in [5, 5.41) is 0. The lowest BCUT2D eigenvalue weighted by molar-refractivity contribution is 0.0987. The van der Waals surface area contributed by atoms with E-state index in [1.807, 2.05) is 18.2 Å². The number of ketones is 1. The van der Waals surface area contributed by atoms with Crippen molar-refractivity contribution in [1.82, 2.24) is 9.97 Å². The zero-order valence-electron chi connectivity index (χ0n) is 8.73. The number of nitrogens with zero attached hydrogens (tertiary/aromatic N) is 2. The molecule has 0 radical (unpaired) electrons. The highest BCUT2D eigenvalue weighted by molar-refractivity contribution is 9.11. The summed E-state index contributed by atoms with van der Waals surface area (Å²) in [7, 11) is 0. The molecule has 17 heavy (non-hydrogen) atoms. The summed E-state index contributed by atoms with van der Waals surface area (Å²) in [4.78, 5) is 20.0. The normalized spacial score (nSPS) is 10.2. The summed E-state index contributed by atoms with van der Waals surface area (Å²) >= 11 is 6.64. The Bertz CT molecular complexity index is 543. The average molecular weight is 356 g/mol. The molecule has 86 valence electrons. The minimum absolute atomic E-state index is 0.0180. The molecule has 0 spiro atoms. The fourth-order valence-corrected chi connectivity index (χ4v) is 2.60. The van der Waals surface area contributed by atoms with Gasteiger partial charge in [-0.3, -0.25) is 14.8 Å². The molecule has 0 aliphatic carbocycles. The standard InChI is InChI=1S/C12H8Br2N2O/c13-9-6-10(14)12(16-7-9)11(17)5-8-1-3-15-4-2-8/h1-4,6-7H,5H2. The van der Waals surface area contributed by atoms with Crippen LogP contribution in [0, 0.1) is 0 Å². The van der Waals surface area contributed by atoms with Crippen molar-refractivity contribution in [3.63, 3.8) is 0 Å². The highest BCUT2D eigenvalue weighted by atomic mass is 79.9. The molecule has 0 aromatic carbocycles. The average Bonchev–Trinajstić information content (AvgIpc) is 2.30. The molecule has 0 aliphatic heterocycles. The summed E-state index contributed by atoms with van der Waals surface area (Å²) in [5.41, 5.74) is 1.38. The maximum Gasteiger partial charge on any atom is 0.186 e. The van der Waals surface area contributed by atoms with Gasteiger partial charge in [0.1, 0.15) is 5.69 Å². The van der Waals surface area contributed by atoms with Crippen LogP contribution in [0.15, 0.2) is 45.7 Å². The first-order valence-corrected chi connectivity index (χ1v) is 6.48. The van der Waals surface area contributed by atoms with Gasteiger partial charge in [-0.1, -0.05) is 0 Å². The van der Waals surface area contributed by atoms with Crippen LogP contribution in [-0.4, -0.2) is 15.8 Å². The Morgan fingerprint density at radius 1 is 1.24 bits per heavy atom. The van der Waals surface area contributed by atoms with E-state index in [1.54, 1.807) is 18.6 Å². The van der Waals surface area contributed by atoms with Crippen molar-refractivity contribution in [1.29, 1.82) is 0 Å². The number of hydrogen-bond donors (Lipinski definition) is 0. The van der Waals surface area contributed by atoms with Gasteiger partial charge >= 0.3 is 0 Å². The molecule has 0 amide bonds. The van der Waals surface area contributed by atoms with E-state index in [2.05, 4.69) is 41.8 Å². The second-order valence-corrected chi connectivity index (χ2v) is 5.21. The van der Waals surface area contributed by atoms with Crippen molar-refractivity contribution in [2.24, 2.45) is 0 Å². The Morgan fingerprint density at radius 3 is 2.59 bits per heavy atom. The van der Waals surface area contributed by atoms with Crippen LogP contribution in [0.4, 0.5) is 0 Å². The lowest BCUT2D eigenvalue weighted by atomic mass is 10.1. The van der Waals surface area contributed by atoms with Crippen molar-refractivity contribution in [3.05, 3.63) is 57.0 Å². The van der Waals surface area contributed by atoms with Crippen LogP contribution in [0.2, 0.25) is 0 Å². The van der Waals surface area contributed by atoms with Crippen molar-refractivity contribution in [2.45, 2.75) is 6.42 Å². The van der Waals surface area contributed by atoms with Crippen LogP contribution >= 0.6 is 31.9 Å². The van der Waals surface area contributed by atoms with Crippen molar-refractivity contribution in [2.75, 3.05) is 0 Å². The van der Waals surface area contributed by atoms with Gasteiger partial charge in [0.15, 0.2) is 5.78 Å². The summed E-state index contributed by atoms with van der Waals surface area (Å²) < 4.78 is 1.54. The zero-order valence-corrected chi connectivity index (χ0v) is 11.9. The third-order valence-electron chi connectivity index (χ3n) is 2.19. The van der Waals surface area contributed by atoms with E-state index in [0.717, 1.165) is 10.0 Å². The minimum atomic E-state index is -0.0180. The van der Waals surface area contributed by atoms with Crippen LogP contribution in [0.1, 0.15) is 16.1 Å². The zero-order chi connectivity index (χ0) is 12.3. The molecule has 3 nitrogen and oxygen atoms in total. The molecule has 0 unspecified atom stereocenters. The van der Waals surface area contributed by atoms with E-state index in [4.69, 9.17) is 0 Å². The number of Topliss-reactive ketones (excluding diaryl/α,β-unsaturated/α-hetero) is 1. The van der Waals surface area contributed by atoms with Crippen LogP contribution in [0.5, 0.6) is 0 Å². The fourth-order valence-electron chi connectivity index (χ4n) is 1.39. The van der Waals surface area contributed by atoms with Gasteiger partial charge < -0.3 is 0 Å². The summed E-state index contributed by atoms with van der Waals surface area (Å²) in [6.45, 7) is 0. The maximum absolute atomic E-state index is 12.0. The molecule has 2 aromatic heterocycles. The van der Waals surface area contributed by atoms with Crippen LogP contribution < -0.4 is 0 Å². The molecule has 0 atom stereocenters. The third-order valence-corrected chi connectivity index (χ3v) is 3.22. The number of carbonyl (C=O) groups is 1. The van der Waals surface area contributed by atoms with Crippen molar-refractivity contribution in [3.8, 4) is 0 Å². The summed E-state index contributed by atoms with van der Waals surface area (Å²) in [6.07, 6.45) is 5.29. The number of rotatable bonds is 3. The van der Waals surface area contributed by atoms with Crippen LogP contribution in [0.3, 0.4) is 0 Å². The first kappa shape index (κ1) is 12.4. The smallest absolute Gasteiger partial charge is 0.186 e. The molecule has 2 heterocycles. The number of carbonyl (C=O) groups excluding carboxylic acids is 1. The van der Waals surface area contributed by atoms with Gasteiger partial charge in [-0.2, -0.15) is 0 Å². The van der Waals surface area contributed by atoms with E-state index in [1.165, 1.54) is 0 Å². The molecule has 0 N–H and O–H groups in total. The molecule has 0 saturated carbocycles. The first-order chi connectivity index (χ1) is 8.16. The van der Waals surface area contributed by atoms with Gasteiger partial charge in [0.2, 0.25) is 0 Å². The molecule has 0 fully saturated rings. The van der Waals surface area contributed by atoms with E-state index < -0.39 is 0 Å². The predicted octanol–water partition coefficient (Wildman–Crippen LogP) is 3.43. The van der Waals surface area contributed by atoms with Crippen LogP contribution in [-0.2, 0) is 6.42 Å². The van der Waals surface area contributed by atoms with Gasteiger partial charge in [0.25, 0.3) is 0 Å². The first-order valence-electron chi connectivity index (χ1n) is 4.90. The highest BCUT2D eigenvalue weighted by Crippen LogP contribution is 2.20. The molecular formula is C12H8Br2N2O. The summed E-state index contributed by atoms with van der Waals surface area (Å²) in [6, 6.07) is 5.46. The number of hydrogen-bond acceptors (Lipinski definition) is 3. The third kappa shape index (κ3) is 3.20. The van der Waals surface area contributed by atoms with E-state index in [-0.39, 0.29) is 5.78 Å². The van der Waals surface area contributed by atoms with Gasteiger partial charge in [0.05, 0.1) is 0 Å². The predicted molar refractivity (Wildman–Crippen MR) is 71.9 cm³/mol. The molecule has 0 saturated heterocycles. The molecule has 2 rings (SSSR count). The van der Waals surface area contributed by atoms with Crippen molar-refractivity contribution < 1.29 is 4.79 Å². The SMILES string of the molecule is O=C(Cc1ccncc1)c1ncc(Br)cc1Br. The lowest BCUT2D eigenvalue weighted by Crippen LogP contribution is -2.07. The van der Waals surface area contributed by atoms with Gasteiger partial charge in [-0.25, -0.2) is 0 Å². The van der Waals surface area contributed by atoms with Gasteiger partial charge in [-0.05, 0) is 55.6 Å². The molecule has 5 heteroatoms. The molecular weight excluding hydrogens is 348 g/mol. The van der Waals surface area contributed by atoms with Gasteiger partial charge in [-0.15, -0.1) is 0 Å². The van der Waals surface area contributed by atoms with E-state index in [0.29, 0.717) is 16.6 Å². The Balaban J connectivity index is 2.21. The molecule has 0 bridgehead atoms. The quantitative estimate of drug-likeness (QED) is 0.792. The Labute approximate surface area is 116 Å². The monoisotopic (exact) mass is 354 g/mol. The molecule has 2 aromatic rings. The summed E-state index contributed by atoms with van der Waals surface area (Å²) in [5.74, 6) is -0.0180. The second-order valence-electron chi connectivity index (χ2n) is 3.44. The van der Waals surface area contributed by atoms with E-state index >= 15 is 0 Å².